The molecule has 1 aromatic heterocycles. The van der Waals surface area contributed by atoms with E-state index in [0.29, 0.717) is 0 Å². The van der Waals surface area contributed by atoms with Gasteiger partial charge in [-0.15, -0.1) is 0 Å². The van der Waals surface area contributed by atoms with Gasteiger partial charge in [-0.25, -0.2) is 0 Å². The highest BCUT2D eigenvalue weighted by atomic mass is 15.0. The fourth-order valence-corrected chi connectivity index (χ4v) is 1.85. The van der Waals surface area contributed by atoms with Crippen LogP contribution in [0.15, 0.2) is 49.2 Å². The molecule has 0 aliphatic carbocycles. The van der Waals surface area contributed by atoms with Gasteiger partial charge < -0.3 is 4.57 Å². The minimum absolute atomic E-state index is 0.980. The van der Waals surface area contributed by atoms with Gasteiger partial charge in [0.15, 0.2) is 0 Å². The summed E-state index contributed by atoms with van der Waals surface area (Å²) in [5.74, 6) is 0. The van der Waals surface area contributed by atoms with Crippen molar-refractivity contribution in [2.75, 3.05) is 0 Å². The third-order valence-corrected chi connectivity index (χ3v) is 2.63. The Bertz CT molecular complexity index is 451. The van der Waals surface area contributed by atoms with Crippen molar-refractivity contribution in [3.63, 3.8) is 0 Å². The average Bonchev–Trinajstić information content (AvgIpc) is 2.72. The molecule has 1 nitrogen and oxygen atoms in total. The van der Waals surface area contributed by atoms with Gasteiger partial charge in [0.1, 0.15) is 0 Å². The van der Waals surface area contributed by atoms with Gasteiger partial charge in [-0.2, -0.15) is 0 Å². The molecule has 0 spiro atoms. The van der Waals surface area contributed by atoms with Crippen LogP contribution in [0.2, 0.25) is 0 Å². The molecule has 1 heteroatoms. The van der Waals surface area contributed by atoms with Crippen molar-refractivity contribution in [2.24, 2.45) is 0 Å². The van der Waals surface area contributed by atoms with E-state index < -0.39 is 0 Å². The van der Waals surface area contributed by atoms with Crippen LogP contribution in [0, 0.1) is 0 Å². The number of hydrogen-bond donors (Lipinski definition) is 0. The van der Waals surface area contributed by atoms with E-state index in [2.05, 4.69) is 54.6 Å². The van der Waals surface area contributed by atoms with E-state index >= 15 is 0 Å². The SMILES string of the molecule is C=Cc1c(-c2ccccc2)ccn1CC. The van der Waals surface area contributed by atoms with Crippen molar-refractivity contribution in [1.29, 1.82) is 0 Å². The summed E-state index contributed by atoms with van der Waals surface area (Å²) in [4.78, 5) is 0. The summed E-state index contributed by atoms with van der Waals surface area (Å²) in [5.41, 5.74) is 3.70. The lowest BCUT2D eigenvalue weighted by Crippen LogP contribution is -1.94. The molecular formula is C14H15N. The Morgan fingerprint density at radius 1 is 1.20 bits per heavy atom. The molecule has 0 amide bonds. The predicted octanol–water partition coefficient (Wildman–Crippen LogP) is 3.82. The second-order valence-corrected chi connectivity index (χ2v) is 3.47. The summed E-state index contributed by atoms with van der Waals surface area (Å²) < 4.78 is 2.20. The molecule has 76 valence electrons. The van der Waals surface area contributed by atoms with E-state index in [1.165, 1.54) is 16.8 Å². The van der Waals surface area contributed by atoms with Crippen LogP contribution in [0.1, 0.15) is 12.6 Å². The smallest absolute Gasteiger partial charge is 0.0480 e. The first-order valence-corrected chi connectivity index (χ1v) is 5.23. The maximum atomic E-state index is 3.88. The topological polar surface area (TPSA) is 4.93 Å². The third kappa shape index (κ3) is 1.73. The van der Waals surface area contributed by atoms with Gasteiger partial charge in [0.25, 0.3) is 0 Å². The van der Waals surface area contributed by atoms with Gasteiger partial charge in [0, 0.05) is 24.0 Å². The molecule has 0 aliphatic rings. The van der Waals surface area contributed by atoms with Crippen LogP contribution in [0.25, 0.3) is 17.2 Å². The van der Waals surface area contributed by atoms with Crippen molar-refractivity contribution in [2.45, 2.75) is 13.5 Å². The van der Waals surface area contributed by atoms with E-state index in [-0.39, 0.29) is 0 Å². The number of nitrogens with zero attached hydrogens (tertiary/aromatic N) is 1. The number of hydrogen-bond acceptors (Lipinski definition) is 0. The first kappa shape index (κ1) is 9.78. The minimum Gasteiger partial charge on any atom is -0.348 e. The first-order valence-electron chi connectivity index (χ1n) is 5.23. The molecule has 15 heavy (non-hydrogen) atoms. The molecule has 0 radical (unpaired) electrons. The molecule has 0 N–H and O–H groups in total. The van der Waals surface area contributed by atoms with Crippen LogP contribution in [0.5, 0.6) is 0 Å². The van der Waals surface area contributed by atoms with Crippen molar-refractivity contribution < 1.29 is 0 Å². The van der Waals surface area contributed by atoms with Crippen LogP contribution < -0.4 is 0 Å². The summed E-state index contributed by atoms with van der Waals surface area (Å²) in [6, 6.07) is 12.6. The second kappa shape index (κ2) is 4.18. The molecule has 0 saturated carbocycles. The maximum Gasteiger partial charge on any atom is 0.0480 e. The Labute approximate surface area is 90.7 Å². The molecule has 1 heterocycles. The summed E-state index contributed by atoms with van der Waals surface area (Å²) in [5, 5.41) is 0. The van der Waals surface area contributed by atoms with Crippen LogP contribution in [0.4, 0.5) is 0 Å². The molecule has 0 fully saturated rings. The Balaban J connectivity index is 2.54. The predicted molar refractivity (Wildman–Crippen MR) is 65.6 cm³/mol. The molecule has 2 rings (SSSR count). The molecule has 0 unspecified atom stereocenters. The van der Waals surface area contributed by atoms with Crippen molar-refractivity contribution in [3.8, 4) is 11.1 Å². The van der Waals surface area contributed by atoms with E-state index in [4.69, 9.17) is 0 Å². The van der Waals surface area contributed by atoms with Gasteiger partial charge in [0.05, 0.1) is 0 Å². The number of benzene rings is 1. The van der Waals surface area contributed by atoms with Gasteiger partial charge in [-0.1, -0.05) is 36.9 Å². The van der Waals surface area contributed by atoms with Gasteiger partial charge in [-0.05, 0) is 24.6 Å². The van der Waals surface area contributed by atoms with Crippen LogP contribution in [0.3, 0.4) is 0 Å². The quantitative estimate of drug-likeness (QED) is 0.705. The Morgan fingerprint density at radius 2 is 1.93 bits per heavy atom. The lowest BCUT2D eigenvalue weighted by Gasteiger charge is -2.05. The standard InChI is InChI=1S/C14H15N/c1-3-14-13(10-11-15(14)4-2)12-8-6-5-7-9-12/h3,5-11H,1,4H2,2H3. The zero-order valence-electron chi connectivity index (χ0n) is 8.98. The zero-order chi connectivity index (χ0) is 10.7. The van der Waals surface area contributed by atoms with Crippen molar-refractivity contribution in [1.82, 2.24) is 4.57 Å². The van der Waals surface area contributed by atoms with Crippen molar-refractivity contribution in [3.05, 3.63) is 54.9 Å². The second-order valence-electron chi connectivity index (χ2n) is 3.47. The highest BCUT2D eigenvalue weighted by Crippen LogP contribution is 2.25. The van der Waals surface area contributed by atoms with Crippen LogP contribution >= 0.6 is 0 Å². The Morgan fingerprint density at radius 3 is 2.53 bits per heavy atom. The normalized spacial score (nSPS) is 10.2. The lowest BCUT2D eigenvalue weighted by atomic mass is 10.1. The van der Waals surface area contributed by atoms with Gasteiger partial charge in [-0.3, -0.25) is 0 Å². The number of aryl methyl sites for hydroxylation is 1. The molecular weight excluding hydrogens is 182 g/mol. The highest BCUT2D eigenvalue weighted by molar-refractivity contribution is 5.73. The lowest BCUT2D eigenvalue weighted by molar-refractivity contribution is 0.762. The fourth-order valence-electron chi connectivity index (χ4n) is 1.85. The molecule has 2 aromatic rings. The summed E-state index contributed by atoms with van der Waals surface area (Å²) in [7, 11) is 0. The van der Waals surface area contributed by atoms with Crippen LogP contribution in [-0.2, 0) is 6.54 Å². The molecule has 1 aromatic carbocycles. The van der Waals surface area contributed by atoms with E-state index in [0.717, 1.165) is 6.54 Å². The molecule has 0 bridgehead atoms. The fraction of sp³-hybridized carbons (Fsp3) is 0.143. The highest BCUT2D eigenvalue weighted by Gasteiger charge is 2.06. The Hall–Kier alpha value is -1.76. The van der Waals surface area contributed by atoms with Crippen molar-refractivity contribution >= 4 is 6.08 Å². The zero-order valence-corrected chi connectivity index (χ0v) is 8.98. The Kier molecular flexibility index (Phi) is 2.72. The van der Waals surface area contributed by atoms with E-state index in [1.807, 2.05) is 12.1 Å². The molecule has 0 saturated heterocycles. The third-order valence-electron chi connectivity index (χ3n) is 2.63. The monoisotopic (exact) mass is 197 g/mol. The molecule has 0 aliphatic heterocycles. The summed E-state index contributed by atoms with van der Waals surface area (Å²) in [6.45, 7) is 7.00. The average molecular weight is 197 g/mol. The number of aromatic nitrogens is 1. The first-order chi connectivity index (χ1) is 7.36. The van der Waals surface area contributed by atoms with Gasteiger partial charge in [0.2, 0.25) is 0 Å². The number of rotatable bonds is 3. The summed E-state index contributed by atoms with van der Waals surface area (Å²) in [6.07, 6.45) is 4.03. The minimum atomic E-state index is 0.980. The maximum absolute atomic E-state index is 3.88. The van der Waals surface area contributed by atoms with E-state index in [1.54, 1.807) is 0 Å². The van der Waals surface area contributed by atoms with Gasteiger partial charge >= 0.3 is 0 Å². The largest absolute Gasteiger partial charge is 0.348 e. The summed E-state index contributed by atoms with van der Waals surface area (Å²) >= 11 is 0. The molecule has 0 atom stereocenters. The van der Waals surface area contributed by atoms with Crippen LogP contribution in [-0.4, -0.2) is 4.57 Å². The van der Waals surface area contributed by atoms with E-state index in [9.17, 15) is 0 Å².